The molecule has 20 heavy (non-hydrogen) atoms. The summed E-state index contributed by atoms with van der Waals surface area (Å²) >= 11 is 3.29. The van der Waals surface area contributed by atoms with Crippen LogP contribution in [0.3, 0.4) is 0 Å². The zero-order valence-corrected chi connectivity index (χ0v) is 12.1. The van der Waals surface area contributed by atoms with E-state index in [4.69, 9.17) is 4.74 Å². The first-order chi connectivity index (χ1) is 9.72. The van der Waals surface area contributed by atoms with Crippen LogP contribution in [0.4, 0.5) is 4.39 Å². The standard InChI is InChI=1S/C16H11BrFNO/c17-12-6-8-14(18)16(9-12)20-10-13-7-5-11-3-1-2-4-15(11)19-13/h1-9H,10H2. The van der Waals surface area contributed by atoms with Gasteiger partial charge in [-0.1, -0.05) is 40.2 Å². The van der Waals surface area contributed by atoms with E-state index in [1.165, 1.54) is 6.07 Å². The van der Waals surface area contributed by atoms with E-state index < -0.39 is 0 Å². The van der Waals surface area contributed by atoms with E-state index in [9.17, 15) is 4.39 Å². The Morgan fingerprint density at radius 2 is 1.90 bits per heavy atom. The first-order valence-corrected chi connectivity index (χ1v) is 6.94. The van der Waals surface area contributed by atoms with Gasteiger partial charge in [0.05, 0.1) is 11.2 Å². The first kappa shape index (κ1) is 13.1. The van der Waals surface area contributed by atoms with Crippen LogP contribution in [-0.2, 0) is 6.61 Å². The van der Waals surface area contributed by atoms with Gasteiger partial charge in [0, 0.05) is 9.86 Å². The van der Waals surface area contributed by atoms with Crippen LogP contribution in [0, 0.1) is 5.82 Å². The number of fused-ring (bicyclic) bond motifs is 1. The summed E-state index contributed by atoms with van der Waals surface area (Å²) in [5, 5.41) is 1.07. The number of benzene rings is 2. The van der Waals surface area contributed by atoms with Crippen molar-refractivity contribution in [1.29, 1.82) is 0 Å². The van der Waals surface area contributed by atoms with Crippen molar-refractivity contribution in [3.8, 4) is 5.75 Å². The monoisotopic (exact) mass is 331 g/mol. The average molecular weight is 332 g/mol. The van der Waals surface area contributed by atoms with Crippen LogP contribution in [0.2, 0.25) is 0 Å². The summed E-state index contributed by atoms with van der Waals surface area (Å²) in [5.41, 5.74) is 1.67. The summed E-state index contributed by atoms with van der Waals surface area (Å²) in [7, 11) is 0. The summed E-state index contributed by atoms with van der Waals surface area (Å²) < 4.78 is 19.8. The number of hydrogen-bond donors (Lipinski definition) is 0. The van der Waals surface area contributed by atoms with Crippen LogP contribution in [0.15, 0.2) is 59.1 Å². The molecule has 100 valence electrons. The van der Waals surface area contributed by atoms with Crippen molar-refractivity contribution in [2.24, 2.45) is 0 Å². The molecular weight excluding hydrogens is 321 g/mol. The lowest BCUT2D eigenvalue weighted by Crippen LogP contribution is -2.00. The third kappa shape index (κ3) is 2.80. The van der Waals surface area contributed by atoms with E-state index in [1.54, 1.807) is 12.1 Å². The van der Waals surface area contributed by atoms with Gasteiger partial charge < -0.3 is 4.74 Å². The highest BCUT2D eigenvalue weighted by atomic mass is 79.9. The number of hydrogen-bond acceptors (Lipinski definition) is 2. The molecule has 0 saturated heterocycles. The molecule has 1 aromatic heterocycles. The molecule has 0 aliphatic rings. The van der Waals surface area contributed by atoms with E-state index in [1.807, 2.05) is 36.4 Å². The van der Waals surface area contributed by atoms with Crippen LogP contribution < -0.4 is 4.74 Å². The molecule has 3 aromatic rings. The normalized spacial score (nSPS) is 10.7. The topological polar surface area (TPSA) is 22.1 Å². The van der Waals surface area contributed by atoms with Gasteiger partial charge in [0.2, 0.25) is 0 Å². The average Bonchev–Trinajstić information content (AvgIpc) is 2.48. The molecule has 0 atom stereocenters. The van der Waals surface area contributed by atoms with Crippen molar-refractivity contribution < 1.29 is 9.13 Å². The van der Waals surface area contributed by atoms with E-state index in [-0.39, 0.29) is 18.2 Å². The lowest BCUT2D eigenvalue weighted by atomic mass is 10.2. The Hall–Kier alpha value is -1.94. The SMILES string of the molecule is Fc1ccc(Br)cc1OCc1ccc2ccccc2n1. The quantitative estimate of drug-likeness (QED) is 0.693. The predicted octanol–water partition coefficient (Wildman–Crippen LogP) is 4.72. The molecule has 0 bridgehead atoms. The smallest absolute Gasteiger partial charge is 0.165 e. The van der Waals surface area contributed by atoms with Gasteiger partial charge in [-0.25, -0.2) is 9.37 Å². The fraction of sp³-hybridized carbons (Fsp3) is 0.0625. The Kier molecular flexibility index (Phi) is 3.65. The third-order valence-corrected chi connectivity index (χ3v) is 3.42. The lowest BCUT2D eigenvalue weighted by molar-refractivity contribution is 0.286. The Labute approximate surface area is 124 Å². The summed E-state index contributed by atoms with van der Waals surface area (Å²) in [6.45, 7) is 0.234. The number of para-hydroxylation sites is 1. The molecule has 2 aromatic carbocycles. The van der Waals surface area contributed by atoms with Crippen molar-refractivity contribution in [3.05, 3.63) is 70.6 Å². The second-order valence-electron chi connectivity index (χ2n) is 4.36. The Morgan fingerprint density at radius 3 is 2.80 bits per heavy atom. The molecular formula is C16H11BrFNO. The fourth-order valence-electron chi connectivity index (χ4n) is 1.93. The van der Waals surface area contributed by atoms with Crippen molar-refractivity contribution >= 4 is 26.8 Å². The second-order valence-corrected chi connectivity index (χ2v) is 5.27. The molecule has 0 saturated carbocycles. The molecule has 0 amide bonds. The highest BCUT2D eigenvalue weighted by molar-refractivity contribution is 9.10. The number of nitrogens with zero attached hydrogens (tertiary/aromatic N) is 1. The van der Waals surface area contributed by atoms with Crippen molar-refractivity contribution in [2.45, 2.75) is 6.61 Å². The second kappa shape index (κ2) is 5.59. The maximum atomic E-state index is 13.6. The molecule has 2 nitrogen and oxygen atoms in total. The van der Waals surface area contributed by atoms with Crippen LogP contribution in [0.5, 0.6) is 5.75 Å². The molecule has 0 aliphatic carbocycles. The number of aromatic nitrogens is 1. The van der Waals surface area contributed by atoms with Crippen LogP contribution in [0.25, 0.3) is 10.9 Å². The van der Waals surface area contributed by atoms with Gasteiger partial charge in [0.25, 0.3) is 0 Å². The zero-order valence-electron chi connectivity index (χ0n) is 10.5. The fourth-order valence-corrected chi connectivity index (χ4v) is 2.27. The molecule has 0 N–H and O–H groups in total. The minimum atomic E-state index is -0.381. The van der Waals surface area contributed by atoms with Crippen LogP contribution >= 0.6 is 15.9 Å². The Morgan fingerprint density at radius 1 is 1.05 bits per heavy atom. The van der Waals surface area contributed by atoms with E-state index in [0.29, 0.717) is 0 Å². The molecule has 0 aliphatic heterocycles. The number of ether oxygens (including phenoxy) is 1. The maximum absolute atomic E-state index is 13.6. The van der Waals surface area contributed by atoms with E-state index >= 15 is 0 Å². The molecule has 3 rings (SSSR count). The molecule has 0 radical (unpaired) electrons. The van der Waals surface area contributed by atoms with Crippen molar-refractivity contribution in [3.63, 3.8) is 0 Å². The van der Waals surface area contributed by atoms with Crippen molar-refractivity contribution in [1.82, 2.24) is 4.98 Å². The Bertz CT molecular complexity index is 760. The van der Waals surface area contributed by atoms with Gasteiger partial charge in [-0.05, 0) is 30.3 Å². The highest BCUT2D eigenvalue weighted by Crippen LogP contribution is 2.23. The molecule has 1 heterocycles. The van der Waals surface area contributed by atoms with E-state index in [2.05, 4.69) is 20.9 Å². The molecule has 0 unspecified atom stereocenters. The van der Waals surface area contributed by atoms with Crippen LogP contribution in [0.1, 0.15) is 5.69 Å². The molecule has 0 fully saturated rings. The maximum Gasteiger partial charge on any atom is 0.165 e. The van der Waals surface area contributed by atoms with Gasteiger partial charge in [-0.15, -0.1) is 0 Å². The van der Waals surface area contributed by atoms with Gasteiger partial charge in [0.15, 0.2) is 11.6 Å². The van der Waals surface area contributed by atoms with Gasteiger partial charge in [0.1, 0.15) is 6.61 Å². The zero-order chi connectivity index (χ0) is 13.9. The van der Waals surface area contributed by atoms with Gasteiger partial charge in [-0.2, -0.15) is 0 Å². The van der Waals surface area contributed by atoms with Gasteiger partial charge in [-0.3, -0.25) is 0 Å². The number of pyridine rings is 1. The summed E-state index contributed by atoms with van der Waals surface area (Å²) in [4.78, 5) is 4.48. The summed E-state index contributed by atoms with van der Waals surface area (Å²) in [6, 6.07) is 16.3. The largest absolute Gasteiger partial charge is 0.484 e. The Balaban J connectivity index is 1.81. The highest BCUT2D eigenvalue weighted by Gasteiger charge is 2.05. The van der Waals surface area contributed by atoms with Gasteiger partial charge >= 0.3 is 0 Å². The lowest BCUT2D eigenvalue weighted by Gasteiger charge is -2.08. The summed E-state index contributed by atoms with van der Waals surface area (Å²) in [6.07, 6.45) is 0. The molecule has 0 spiro atoms. The first-order valence-electron chi connectivity index (χ1n) is 6.15. The minimum Gasteiger partial charge on any atom is -0.484 e. The predicted molar refractivity (Wildman–Crippen MR) is 80.2 cm³/mol. The third-order valence-electron chi connectivity index (χ3n) is 2.92. The number of halogens is 2. The number of rotatable bonds is 3. The summed E-state index contributed by atoms with van der Waals surface area (Å²) in [5.74, 6) is -0.164. The molecule has 4 heteroatoms. The minimum absolute atomic E-state index is 0.217. The van der Waals surface area contributed by atoms with E-state index in [0.717, 1.165) is 21.1 Å². The van der Waals surface area contributed by atoms with Crippen LogP contribution in [-0.4, -0.2) is 4.98 Å². The van der Waals surface area contributed by atoms with Crippen molar-refractivity contribution in [2.75, 3.05) is 0 Å².